The fraction of sp³-hybridized carbons (Fsp3) is 0.133. The van der Waals surface area contributed by atoms with E-state index in [1.165, 1.54) is 6.20 Å². The first-order valence-electron chi connectivity index (χ1n) is 6.53. The molecule has 4 rings (SSSR count). The molecule has 104 valence electrons. The van der Waals surface area contributed by atoms with E-state index in [2.05, 4.69) is 9.97 Å². The van der Waals surface area contributed by atoms with Crippen molar-refractivity contribution in [1.29, 1.82) is 0 Å². The zero-order chi connectivity index (χ0) is 14.4. The third-order valence-corrected chi connectivity index (χ3v) is 3.73. The summed E-state index contributed by atoms with van der Waals surface area (Å²) in [7, 11) is 0. The molecule has 0 spiro atoms. The van der Waals surface area contributed by atoms with Gasteiger partial charge in [0, 0.05) is 23.8 Å². The number of hydrogen-bond donors (Lipinski definition) is 0. The lowest BCUT2D eigenvalue weighted by Gasteiger charge is -2.14. The number of benzene rings is 1. The number of pyridine rings is 1. The smallest absolute Gasteiger partial charge is 0.216 e. The van der Waals surface area contributed by atoms with E-state index in [1.807, 2.05) is 18.2 Å². The highest BCUT2D eigenvalue weighted by Gasteiger charge is 2.24. The van der Waals surface area contributed by atoms with Crippen LogP contribution in [0, 0.1) is 0 Å². The summed E-state index contributed by atoms with van der Waals surface area (Å²) in [6.45, 7) is 0.488. The Bertz CT molecular complexity index is 920. The van der Waals surface area contributed by atoms with Gasteiger partial charge in [-0.15, -0.1) is 0 Å². The number of fused-ring (bicyclic) bond motifs is 2. The molecular formula is C15H10ClN3O2. The molecule has 3 aromatic rings. The number of aromatic nitrogens is 3. The maximum atomic E-state index is 12.4. The van der Waals surface area contributed by atoms with Crippen LogP contribution in [0.25, 0.3) is 16.9 Å². The van der Waals surface area contributed by atoms with Gasteiger partial charge in [0.15, 0.2) is 11.2 Å². The minimum Gasteiger partial charge on any atom is -0.478 e. The number of ether oxygens (including phenoxy) is 1. The Kier molecular flexibility index (Phi) is 2.68. The molecule has 2 aromatic heterocycles. The first kappa shape index (κ1) is 12.3. The summed E-state index contributed by atoms with van der Waals surface area (Å²) in [5.74, 6) is 0.537. The molecule has 0 N–H and O–H groups in total. The van der Waals surface area contributed by atoms with Crippen molar-refractivity contribution in [2.24, 2.45) is 0 Å². The highest BCUT2D eigenvalue weighted by atomic mass is 35.5. The van der Waals surface area contributed by atoms with Crippen LogP contribution in [0.3, 0.4) is 0 Å². The van der Waals surface area contributed by atoms with Gasteiger partial charge in [0.1, 0.15) is 0 Å². The quantitative estimate of drug-likeness (QED) is 0.692. The zero-order valence-electron chi connectivity index (χ0n) is 10.9. The van der Waals surface area contributed by atoms with E-state index >= 15 is 0 Å². The minimum atomic E-state index is -0.108. The van der Waals surface area contributed by atoms with Crippen LogP contribution in [0.5, 0.6) is 5.88 Å². The maximum absolute atomic E-state index is 12.4. The Labute approximate surface area is 124 Å². The fourth-order valence-electron chi connectivity index (χ4n) is 2.60. The molecule has 0 amide bonds. The molecule has 1 aliphatic heterocycles. The highest BCUT2D eigenvalue weighted by Crippen LogP contribution is 2.30. The Morgan fingerprint density at radius 1 is 1.24 bits per heavy atom. The second-order valence-electron chi connectivity index (χ2n) is 4.76. The Balaban J connectivity index is 2.18. The largest absolute Gasteiger partial charge is 0.478 e. The molecule has 0 aliphatic carbocycles. The minimum absolute atomic E-state index is 0.108. The van der Waals surface area contributed by atoms with Crippen LogP contribution in [0.15, 0.2) is 41.5 Å². The van der Waals surface area contributed by atoms with E-state index in [1.54, 1.807) is 16.8 Å². The van der Waals surface area contributed by atoms with Gasteiger partial charge in [-0.25, -0.2) is 9.97 Å². The van der Waals surface area contributed by atoms with Crippen LogP contribution in [0.1, 0.15) is 5.56 Å². The molecule has 0 saturated heterocycles. The molecule has 1 aromatic carbocycles. The lowest BCUT2D eigenvalue weighted by Crippen LogP contribution is -2.15. The maximum Gasteiger partial charge on any atom is 0.216 e. The summed E-state index contributed by atoms with van der Waals surface area (Å²) in [5, 5.41) is 0.606. The average molecular weight is 300 g/mol. The van der Waals surface area contributed by atoms with E-state index in [4.69, 9.17) is 16.3 Å². The van der Waals surface area contributed by atoms with Gasteiger partial charge in [-0.1, -0.05) is 17.7 Å². The fourth-order valence-corrected chi connectivity index (χ4v) is 2.79. The van der Waals surface area contributed by atoms with Gasteiger partial charge in [-0.3, -0.25) is 9.36 Å². The van der Waals surface area contributed by atoms with Crippen LogP contribution in [-0.4, -0.2) is 21.1 Å². The van der Waals surface area contributed by atoms with Gasteiger partial charge in [0.05, 0.1) is 17.9 Å². The van der Waals surface area contributed by atoms with Crippen LogP contribution < -0.4 is 10.2 Å². The Morgan fingerprint density at radius 2 is 2.10 bits per heavy atom. The molecule has 21 heavy (non-hydrogen) atoms. The molecule has 0 bridgehead atoms. The Morgan fingerprint density at radius 3 is 2.95 bits per heavy atom. The van der Waals surface area contributed by atoms with E-state index in [0.717, 1.165) is 5.69 Å². The van der Waals surface area contributed by atoms with Crippen molar-refractivity contribution in [1.82, 2.24) is 14.5 Å². The molecule has 0 fully saturated rings. The first-order chi connectivity index (χ1) is 10.3. The molecule has 0 radical (unpaired) electrons. The van der Waals surface area contributed by atoms with Crippen molar-refractivity contribution in [2.45, 2.75) is 6.42 Å². The first-order valence-corrected chi connectivity index (χ1v) is 6.91. The predicted molar refractivity (Wildman–Crippen MR) is 79.3 cm³/mol. The van der Waals surface area contributed by atoms with Gasteiger partial charge >= 0.3 is 0 Å². The summed E-state index contributed by atoms with van der Waals surface area (Å²) in [4.78, 5) is 20.9. The molecule has 3 heterocycles. The number of halogens is 1. The molecule has 0 unspecified atom stereocenters. The van der Waals surface area contributed by atoms with Gasteiger partial charge in [-0.05, 0) is 18.2 Å². The zero-order valence-corrected chi connectivity index (χ0v) is 11.7. The summed E-state index contributed by atoms with van der Waals surface area (Å²) in [6.07, 6.45) is 3.67. The average Bonchev–Trinajstić information content (AvgIpc) is 2.97. The monoisotopic (exact) mass is 299 g/mol. The number of rotatable bonds is 1. The topological polar surface area (TPSA) is 57.0 Å². The van der Waals surface area contributed by atoms with Crippen molar-refractivity contribution >= 4 is 22.8 Å². The summed E-state index contributed by atoms with van der Waals surface area (Å²) in [5.41, 5.74) is 2.16. The van der Waals surface area contributed by atoms with Crippen LogP contribution in [-0.2, 0) is 6.42 Å². The summed E-state index contributed by atoms with van der Waals surface area (Å²) < 4.78 is 7.47. The van der Waals surface area contributed by atoms with Crippen molar-refractivity contribution in [2.75, 3.05) is 6.61 Å². The summed E-state index contributed by atoms with van der Waals surface area (Å²) in [6, 6.07) is 7.34. The molecular weight excluding hydrogens is 290 g/mol. The van der Waals surface area contributed by atoms with Crippen molar-refractivity contribution in [3.05, 3.63) is 57.5 Å². The molecule has 0 atom stereocenters. The van der Waals surface area contributed by atoms with Gasteiger partial charge in [-0.2, -0.15) is 0 Å². The van der Waals surface area contributed by atoms with E-state index < -0.39 is 0 Å². The molecule has 1 aliphatic rings. The van der Waals surface area contributed by atoms with Gasteiger partial charge in [0.2, 0.25) is 11.3 Å². The highest BCUT2D eigenvalue weighted by molar-refractivity contribution is 6.30. The van der Waals surface area contributed by atoms with Crippen molar-refractivity contribution in [3.8, 4) is 11.6 Å². The van der Waals surface area contributed by atoms with Gasteiger partial charge < -0.3 is 4.74 Å². The second-order valence-corrected chi connectivity index (χ2v) is 5.19. The predicted octanol–water partition coefficient (Wildman–Crippen LogP) is 2.37. The molecule has 6 heteroatoms. The standard InChI is InChI=1S/C15H10ClN3O2/c16-9-2-1-3-10(8-9)19-14-12(17-5-6-18-14)13(20)11-4-7-21-15(11)19/h1-3,5-6,8H,4,7H2. The van der Waals surface area contributed by atoms with Crippen molar-refractivity contribution < 1.29 is 4.74 Å². The van der Waals surface area contributed by atoms with Crippen LogP contribution in [0.4, 0.5) is 0 Å². The van der Waals surface area contributed by atoms with Crippen LogP contribution >= 0.6 is 11.6 Å². The number of hydrogen-bond acceptors (Lipinski definition) is 4. The van der Waals surface area contributed by atoms with E-state index in [9.17, 15) is 4.79 Å². The molecule has 0 saturated carbocycles. The van der Waals surface area contributed by atoms with Crippen LogP contribution in [0.2, 0.25) is 5.02 Å². The number of nitrogens with zero attached hydrogens (tertiary/aromatic N) is 3. The normalized spacial score (nSPS) is 13.2. The summed E-state index contributed by atoms with van der Waals surface area (Å²) >= 11 is 6.08. The lowest BCUT2D eigenvalue weighted by molar-refractivity contribution is 0.338. The third-order valence-electron chi connectivity index (χ3n) is 3.50. The Hall–Kier alpha value is -2.40. The van der Waals surface area contributed by atoms with Crippen molar-refractivity contribution in [3.63, 3.8) is 0 Å². The molecule has 5 nitrogen and oxygen atoms in total. The van der Waals surface area contributed by atoms with E-state index in [-0.39, 0.29) is 5.43 Å². The lowest BCUT2D eigenvalue weighted by atomic mass is 10.2. The van der Waals surface area contributed by atoms with Gasteiger partial charge in [0.25, 0.3) is 0 Å². The van der Waals surface area contributed by atoms with E-state index in [0.29, 0.717) is 40.7 Å². The second kappa shape index (κ2) is 4.56. The third kappa shape index (κ3) is 1.81. The SMILES string of the molecule is O=c1c2c(n(-c3cccc(Cl)c3)c3nccnc13)OCC2.